The molecule has 0 saturated carbocycles. The molecule has 4 heteroatoms. The van der Waals surface area contributed by atoms with E-state index in [1.165, 1.54) is 50.9 Å². The van der Waals surface area contributed by atoms with Gasteiger partial charge in [0, 0.05) is 11.9 Å². The van der Waals surface area contributed by atoms with Crippen molar-refractivity contribution >= 4 is 11.3 Å². The third-order valence-electron chi connectivity index (χ3n) is 3.29. The Labute approximate surface area is 108 Å². The van der Waals surface area contributed by atoms with E-state index in [0.717, 1.165) is 11.6 Å². The van der Waals surface area contributed by atoms with Gasteiger partial charge in [-0.15, -0.1) is 11.3 Å². The first-order chi connectivity index (χ1) is 8.25. The van der Waals surface area contributed by atoms with Crippen molar-refractivity contribution in [3.63, 3.8) is 0 Å². The number of thiazole rings is 1. The zero-order valence-electron chi connectivity index (χ0n) is 10.7. The molecule has 1 aromatic rings. The summed E-state index contributed by atoms with van der Waals surface area (Å²) in [5.41, 5.74) is 7.04. The van der Waals surface area contributed by atoms with Gasteiger partial charge in [-0.2, -0.15) is 0 Å². The van der Waals surface area contributed by atoms with Gasteiger partial charge in [-0.05, 0) is 32.9 Å². The van der Waals surface area contributed by atoms with Gasteiger partial charge in [-0.3, -0.25) is 4.90 Å². The van der Waals surface area contributed by atoms with Crippen LogP contribution in [-0.4, -0.2) is 23.0 Å². The number of hydrogen-bond acceptors (Lipinski definition) is 4. The highest BCUT2D eigenvalue weighted by atomic mass is 32.1. The SMILES string of the molecule is CC(N)c1nc(CN2CCCCCCC2)cs1. The van der Waals surface area contributed by atoms with Gasteiger partial charge >= 0.3 is 0 Å². The van der Waals surface area contributed by atoms with Gasteiger partial charge in [-0.25, -0.2) is 4.98 Å². The second-order valence-corrected chi connectivity index (χ2v) is 5.90. The topological polar surface area (TPSA) is 42.1 Å². The van der Waals surface area contributed by atoms with E-state index in [1.54, 1.807) is 11.3 Å². The lowest BCUT2D eigenvalue weighted by Crippen LogP contribution is -2.27. The lowest BCUT2D eigenvalue weighted by Gasteiger charge is -2.23. The molecule has 2 rings (SSSR count). The minimum atomic E-state index is 0.0704. The van der Waals surface area contributed by atoms with Crippen LogP contribution in [0.3, 0.4) is 0 Å². The van der Waals surface area contributed by atoms with Crippen LogP contribution >= 0.6 is 11.3 Å². The largest absolute Gasteiger partial charge is 0.322 e. The fraction of sp³-hybridized carbons (Fsp3) is 0.769. The Balaban J connectivity index is 1.89. The molecule has 1 fully saturated rings. The van der Waals surface area contributed by atoms with E-state index >= 15 is 0 Å². The molecule has 96 valence electrons. The molecular formula is C13H23N3S. The normalized spacial score (nSPS) is 20.8. The number of nitrogens with zero attached hydrogens (tertiary/aromatic N) is 2. The summed E-state index contributed by atoms with van der Waals surface area (Å²) in [6.45, 7) is 5.46. The molecule has 0 amide bonds. The van der Waals surface area contributed by atoms with Crippen molar-refractivity contribution in [2.75, 3.05) is 13.1 Å². The average Bonchev–Trinajstić information content (AvgIpc) is 2.70. The first-order valence-corrected chi connectivity index (χ1v) is 7.56. The summed E-state index contributed by atoms with van der Waals surface area (Å²) >= 11 is 1.69. The second-order valence-electron chi connectivity index (χ2n) is 5.01. The zero-order chi connectivity index (χ0) is 12.1. The highest BCUT2D eigenvalue weighted by molar-refractivity contribution is 7.09. The van der Waals surface area contributed by atoms with Crippen LogP contribution in [0, 0.1) is 0 Å². The molecule has 2 heterocycles. The van der Waals surface area contributed by atoms with Crippen LogP contribution in [0.1, 0.15) is 55.8 Å². The predicted molar refractivity (Wildman–Crippen MR) is 73.1 cm³/mol. The summed E-state index contributed by atoms with van der Waals surface area (Å²) in [5.74, 6) is 0. The minimum absolute atomic E-state index is 0.0704. The summed E-state index contributed by atoms with van der Waals surface area (Å²) in [4.78, 5) is 7.15. The quantitative estimate of drug-likeness (QED) is 0.900. The third-order valence-corrected chi connectivity index (χ3v) is 4.39. The highest BCUT2D eigenvalue weighted by Crippen LogP contribution is 2.18. The maximum atomic E-state index is 5.84. The van der Waals surface area contributed by atoms with Crippen LogP contribution in [0.2, 0.25) is 0 Å². The average molecular weight is 253 g/mol. The number of aromatic nitrogens is 1. The van der Waals surface area contributed by atoms with E-state index in [0.29, 0.717) is 0 Å². The number of nitrogens with two attached hydrogens (primary N) is 1. The second kappa shape index (κ2) is 6.47. The van der Waals surface area contributed by atoms with Crippen molar-refractivity contribution in [1.29, 1.82) is 0 Å². The van der Waals surface area contributed by atoms with Crippen LogP contribution in [0.4, 0.5) is 0 Å². The van der Waals surface area contributed by atoms with Gasteiger partial charge < -0.3 is 5.73 Å². The summed E-state index contributed by atoms with van der Waals surface area (Å²) in [7, 11) is 0. The summed E-state index contributed by atoms with van der Waals surface area (Å²) in [6.07, 6.45) is 6.87. The lowest BCUT2D eigenvalue weighted by molar-refractivity contribution is 0.237. The van der Waals surface area contributed by atoms with Crippen molar-refractivity contribution in [3.8, 4) is 0 Å². The molecular weight excluding hydrogens is 230 g/mol. The summed E-state index contributed by atoms with van der Waals surface area (Å²) in [5, 5.41) is 3.23. The van der Waals surface area contributed by atoms with Crippen LogP contribution in [0.15, 0.2) is 5.38 Å². The maximum absolute atomic E-state index is 5.84. The van der Waals surface area contributed by atoms with E-state index in [9.17, 15) is 0 Å². The number of likely N-dealkylation sites (tertiary alicyclic amines) is 1. The Morgan fingerprint density at radius 2 is 1.94 bits per heavy atom. The molecule has 1 atom stereocenters. The molecule has 1 saturated heterocycles. The Bertz CT molecular complexity index is 327. The van der Waals surface area contributed by atoms with Crippen LogP contribution < -0.4 is 5.73 Å². The van der Waals surface area contributed by atoms with E-state index in [2.05, 4.69) is 15.3 Å². The number of rotatable bonds is 3. The van der Waals surface area contributed by atoms with E-state index in [1.807, 2.05) is 6.92 Å². The van der Waals surface area contributed by atoms with Gasteiger partial charge in [0.1, 0.15) is 5.01 Å². The van der Waals surface area contributed by atoms with Gasteiger partial charge in [-0.1, -0.05) is 19.3 Å². The maximum Gasteiger partial charge on any atom is 0.109 e. The zero-order valence-corrected chi connectivity index (χ0v) is 11.5. The lowest BCUT2D eigenvalue weighted by atomic mass is 10.1. The van der Waals surface area contributed by atoms with Gasteiger partial charge in [0.2, 0.25) is 0 Å². The Morgan fingerprint density at radius 3 is 2.53 bits per heavy atom. The van der Waals surface area contributed by atoms with Crippen LogP contribution in [-0.2, 0) is 6.54 Å². The van der Waals surface area contributed by atoms with Gasteiger partial charge in [0.15, 0.2) is 0 Å². The molecule has 0 radical (unpaired) electrons. The molecule has 2 N–H and O–H groups in total. The molecule has 0 aromatic carbocycles. The van der Waals surface area contributed by atoms with E-state index in [-0.39, 0.29) is 6.04 Å². The predicted octanol–water partition coefficient (Wildman–Crippen LogP) is 2.93. The first-order valence-electron chi connectivity index (χ1n) is 6.68. The Hall–Kier alpha value is -0.450. The summed E-state index contributed by atoms with van der Waals surface area (Å²) in [6, 6.07) is 0.0704. The smallest absolute Gasteiger partial charge is 0.109 e. The molecule has 1 aliphatic heterocycles. The van der Waals surface area contributed by atoms with Crippen LogP contribution in [0.25, 0.3) is 0 Å². The molecule has 17 heavy (non-hydrogen) atoms. The van der Waals surface area contributed by atoms with Crippen molar-refractivity contribution in [2.24, 2.45) is 5.73 Å². The first kappa shape index (κ1) is 13.0. The standard InChI is InChI=1S/C13H23N3S/c1-11(14)13-15-12(10-17-13)9-16-7-5-3-2-4-6-8-16/h10-11H,2-9,14H2,1H3. The van der Waals surface area contributed by atoms with Crippen LogP contribution in [0.5, 0.6) is 0 Å². The summed E-state index contributed by atoms with van der Waals surface area (Å²) < 4.78 is 0. The minimum Gasteiger partial charge on any atom is -0.322 e. The highest BCUT2D eigenvalue weighted by Gasteiger charge is 2.11. The molecule has 1 aromatic heterocycles. The van der Waals surface area contributed by atoms with Crippen molar-refractivity contribution in [2.45, 2.75) is 51.6 Å². The van der Waals surface area contributed by atoms with E-state index in [4.69, 9.17) is 5.73 Å². The molecule has 0 bridgehead atoms. The fourth-order valence-corrected chi connectivity index (χ4v) is 3.07. The molecule has 1 unspecified atom stereocenters. The van der Waals surface area contributed by atoms with E-state index < -0.39 is 0 Å². The van der Waals surface area contributed by atoms with Crippen molar-refractivity contribution in [3.05, 3.63) is 16.1 Å². The van der Waals surface area contributed by atoms with Crippen molar-refractivity contribution < 1.29 is 0 Å². The number of hydrogen-bond donors (Lipinski definition) is 1. The van der Waals surface area contributed by atoms with Gasteiger partial charge in [0.25, 0.3) is 0 Å². The third kappa shape index (κ3) is 4.05. The molecule has 0 aliphatic carbocycles. The molecule has 3 nitrogen and oxygen atoms in total. The molecule has 1 aliphatic rings. The van der Waals surface area contributed by atoms with Gasteiger partial charge in [0.05, 0.1) is 11.7 Å². The Morgan fingerprint density at radius 1 is 1.29 bits per heavy atom. The van der Waals surface area contributed by atoms with Crippen molar-refractivity contribution in [1.82, 2.24) is 9.88 Å². The fourth-order valence-electron chi connectivity index (χ4n) is 2.30. The monoisotopic (exact) mass is 253 g/mol. The Kier molecular flexibility index (Phi) is 4.95. The molecule has 0 spiro atoms.